The third kappa shape index (κ3) is 5.34. The molecule has 2 heterocycles. The molecule has 7 nitrogen and oxygen atoms in total. The van der Waals surface area contributed by atoms with E-state index in [1.807, 2.05) is 6.92 Å². The number of rotatable bonds is 10. The van der Waals surface area contributed by atoms with Crippen molar-refractivity contribution in [3.63, 3.8) is 0 Å². The zero-order chi connectivity index (χ0) is 21.3. The van der Waals surface area contributed by atoms with Gasteiger partial charge in [-0.15, -0.1) is 0 Å². The summed E-state index contributed by atoms with van der Waals surface area (Å²) in [7, 11) is 0. The first-order valence-corrected chi connectivity index (χ1v) is 10.9. The van der Waals surface area contributed by atoms with Gasteiger partial charge in [0.15, 0.2) is 4.83 Å². The summed E-state index contributed by atoms with van der Waals surface area (Å²) in [6.07, 6.45) is 1.92. The average Bonchev–Trinajstić information content (AvgIpc) is 3.06. The second-order valence-corrected chi connectivity index (χ2v) is 9.07. The number of hydrogen-bond acceptors (Lipinski definition) is 7. The van der Waals surface area contributed by atoms with E-state index in [4.69, 9.17) is 14.2 Å². The lowest BCUT2D eigenvalue weighted by atomic mass is 9.83. The smallest absolute Gasteiger partial charge is 0.275 e. The van der Waals surface area contributed by atoms with E-state index in [1.165, 1.54) is 18.3 Å². The van der Waals surface area contributed by atoms with E-state index in [9.17, 15) is 13.6 Å². The first-order chi connectivity index (χ1) is 14.3. The summed E-state index contributed by atoms with van der Waals surface area (Å²) >= 11 is 1.23. The van der Waals surface area contributed by atoms with Crippen molar-refractivity contribution in [2.24, 2.45) is 11.8 Å². The molecule has 2 aliphatic carbocycles. The van der Waals surface area contributed by atoms with Crippen LogP contribution in [0, 0.1) is 11.8 Å². The van der Waals surface area contributed by atoms with Crippen LogP contribution in [0.2, 0.25) is 0 Å². The van der Waals surface area contributed by atoms with Crippen molar-refractivity contribution in [2.75, 3.05) is 19.8 Å². The van der Waals surface area contributed by atoms with Crippen LogP contribution in [0.15, 0.2) is 12.1 Å². The number of carbonyl (C=O) groups is 1. The van der Waals surface area contributed by atoms with E-state index in [-0.39, 0.29) is 31.1 Å². The third-order valence-electron chi connectivity index (χ3n) is 5.27. The van der Waals surface area contributed by atoms with Gasteiger partial charge in [0.25, 0.3) is 11.1 Å². The molecule has 0 spiro atoms. The number of fused-ring (bicyclic) bond motifs is 1. The summed E-state index contributed by atoms with van der Waals surface area (Å²) < 4.78 is 42.9. The number of alkyl halides is 2. The van der Waals surface area contributed by atoms with Crippen molar-refractivity contribution in [1.29, 1.82) is 0 Å². The highest BCUT2D eigenvalue weighted by Crippen LogP contribution is 2.48. The Balaban J connectivity index is 1.18. The normalized spacial score (nSPS) is 25.4. The van der Waals surface area contributed by atoms with Crippen LogP contribution in [0.25, 0.3) is 10.3 Å². The Bertz CT molecular complexity index is 903. The van der Waals surface area contributed by atoms with Gasteiger partial charge in [0, 0.05) is 25.5 Å². The van der Waals surface area contributed by atoms with Crippen LogP contribution < -0.4 is 14.8 Å². The standard InChI is InChI=1S/C20H25F2N3O4S/c1-11(23-12(2)26)8-27-15-5-13(6-15)9-28-17-4-3-16-18(25-17)30-19(24-16)29-10-14-7-20(14,21)22/h3-4,11,13-15H,5-10H2,1-2H3,(H,23,26)/t11-,13?,14?,15?/m0/s1. The summed E-state index contributed by atoms with van der Waals surface area (Å²) in [6, 6.07) is 3.55. The molecule has 0 aliphatic heterocycles. The lowest BCUT2D eigenvalue weighted by molar-refractivity contribution is -0.120. The molecule has 2 aromatic rings. The van der Waals surface area contributed by atoms with Gasteiger partial charge in [-0.05, 0) is 31.7 Å². The number of nitrogens with one attached hydrogen (secondary N) is 1. The van der Waals surface area contributed by atoms with Gasteiger partial charge < -0.3 is 19.5 Å². The summed E-state index contributed by atoms with van der Waals surface area (Å²) in [5.74, 6) is -2.44. The predicted molar refractivity (Wildman–Crippen MR) is 107 cm³/mol. The van der Waals surface area contributed by atoms with Gasteiger partial charge >= 0.3 is 0 Å². The average molecular weight is 442 g/mol. The minimum atomic E-state index is -2.59. The largest absolute Gasteiger partial charge is 0.477 e. The van der Waals surface area contributed by atoms with Crippen LogP contribution in [-0.4, -0.2) is 53.8 Å². The fourth-order valence-electron chi connectivity index (χ4n) is 3.36. The van der Waals surface area contributed by atoms with Crippen molar-refractivity contribution in [3.05, 3.63) is 12.1 Å². The van der Waals surface area contributed by atoms with Crippen LogP contribution in [0.1, 0.15) is 33.1 Å². The molecule has 2 aromatic heterocycles. The van der Waals surface area contributed by atoms with Crippen LogP contribution in [-0.2, 0) is 9.53 Å². The van der Waals surface area contributed by atoms with Gasteiger partial charge in [0.05, 0.1) is 31.8 Å². The highest BCUT2D eigenvalue weighted by atomic mass is 32.1. The van der Waals surface area contributed by atoms with E-state index in [2.05, 4.69) is 15.3 Å². The Labute approximate surface area is 177 Å². The lowest BCUT2D eigenvalue weighted by Crippen LogP contribution is -2.40. The summed E-state index contributed by atoms with van der Waals surface area (Å²) in [4.78, 5) is 20.4. The maximum atomic E-state index is 12.9. The van der Waals surface area contributed by atoms with Crippen molar-refractivity contribution < 1.29 is 27.8 Å². The molecule has 1 amide bonds. The number of thiazole rings is 1. The molecule has 2 fully saturated rings. The molecule has 10 heteroatoms. The van der Waals surface area contributed by atoms with Gasteiger partial charge in [-0.2, -0.15) is 0 Å². The molecule has 4 rings (SSSR count). The second-order valence-electron chi connectivity index (χ2n) is 8.13. The Morgan fingerprint density at radius 1 is 1.30 bits per heavy atom. The van der Waals surface area contributed by atoms with Crippen LogP contribution in [0.4, 0.5) is 8.78 Å². The quantitative estimate of drug-likeness (QED) is 0.608. The van der Waals surface area contributed by atoms with E-state index in [0.717, 1.165) is 12.8 Å². The highest BCUT2D eigenvalue weighted by Gasteiger charge is 2.57. The Morgan fingerprint density at radius 3 is 2.77 bits per heavy atom. The molecule has 0 saturated heterocycles. The monoisotopic (exact) mass is 441 g/mol. The minimum Gasteiger partial charge on any atom is -0.477 e. The van der Waals surface area contributed by atoms with E-state index in [1.54, 1.807) is 12.1 Å². The Kier molecular flexibility index (Phi) is 6.06. The first-order valence-electron chi connectivity index (χ1n) is 10.1. The molecular formula is C20H25F2N3O4S. The number of carbonyl (C=O) groups excluding carboxylic acids is 1. The molecule has 2 saturated carbocycles. The van der Waals surface area contributed by atoms with E-state index < -0.39 is 11.8 Å². The van der Waals surface area contributed by atoms with Gasteiger partial charge in [0.2, 0.25) is 11.8 Å². The summed E-state index contributed by atoms with van der Waals surface area (Å²) in [5, 5.41) is 3.15. The highest BCUT2D eigenvalue weighted by molar-refractivity contribution is 7.19. The number of ether oxygens (including phenoxy) is 3. The van der Waals surface area contributed by atoms with Gasteiger partial charge in [-0.25, -0.2) is 18.7 Å². The second kappa shape index (κ2) is 8.58. The number of amides is 1. The summed E-state index contributed by atoms with van der Waals surface area (Å²) in [6.45, 7) is 4.45. The van der Waals surface area contributed by atoms with Crippen molar-refractivity contribution >= 4 is 27.6 Å². The van der Waals surface area contributed by atoms with E-state index >= 15 is 0 Å². The number of nitrogens with zero attached hydrogens (tertiary/aromatic N) is 2. The number of aromatic nitrogens is 2. The van der Waals surface area contributed by atoms with Crippen molar-refractivity contribution in [1.82, 2.24) is 15.3 Å². The predicted octanol–water partition coefficient (Wildman–Crippen LogP) is 3.42. The molecule has 1 N–H and O–H groups in total. The third-order valence-corrected chi connectivity index (χ3v) is 6.14. The fraction of sp³-hybridized carbons (Fsp3) is 0.650. The first kappa shape index (κ1) is 21.2. The number of hydrogen-bond donors (Lipinski definition) is 1. The van der Waals surface area contributed by atoms with Crippen LogP contribution in [0.3, 0.4) is 0 Å². The van der Waals surface area contributed by atoms with Crippen molar-refractivity contribution in [3.8, 4) is 11.1 Å². The molecule has 0 aromatic carbocycles. The zero-order valence-corrected chi connectivity index (χ0v) is 17.7. The SMILES string of the molecule is CC(=O)N[C@@H](C)COC1CC(COc2ccc3nc(OCC4CC4(F)F)sc3n2)C1. The molecule has 30 heavy (non-hydrogen) atoms. The summed E-state index contributed by atoms with van der Waals surface area (Å²) in [5.41, 5.74) is 0.662. The van der Waals surface area contributed by atoms with Crippen molar-refractivity contribution in [2.45, 2.75) is 51.2 Å². The molecular weight excluding hydrogens is 416 g/mol. The Hall–Kier alpha value is -2.07. The van der Waals surface area contributed by atoms with Gasteiger partial charge in [-0.3, -0.25) is 4.79 Å². The zero-order valence-electron chi connectivity index (χ0n) is 16.9. The number of halogens is 2. The lowest BCUT2D eigenvalue weighted by Gasteiger charge is -2.35. The number of pyridine rings is 1. The molecule has 2 aliphatic rings. The maximum Gasteiger partial charge on any atom is 0.275 e. The molecule has 0 radical (unpaired) electrons. The Morgan fingerprint density at radius 2 is 2.07 bits per heavy atom. The molecule has 2 atom stereocenters. The topological polar surface area (TPSA) is 82.6 Å². The van der Waals surface area contributed by atoms with Gasteiger partial charge in [-0.1, -0.05) is 11.3 Å². The van der Waals surface area contributed by atoms with E-state index in [0.29, 0.717) is 40.6 Å². The van der Waals surface area contributed by atoms with Crippen LogP contribution in [0.5, 0.6) is 11.1 Å². The maximum absolute atomic E-state index is 12.9. The van der Waals surface area contributed by atoms with Crippen LogP contribution >= 0.6 is 11.3 Å². The molecule has 164 valence electrons. The molecule has 0 bridgehead atoms. The fourth-order valence-corrected chi connectivity index (χ4v) is 4.15. The minimum absolute atomic E-state index is 0.00256. The molecule has 1 unspecified atom stereocenters. The van der Waals surface area contributed by atoms with Gasteiger partial charge in [0.1, 0.15) is 5.52 Å².